The van der Waals surface area contributed by atoms with Crippen molar-refractivity contribution in [1.82, 2.24) is 14.8 Å². The van der Waals surface area contributed by atoms with Gasteiger partial charge in [0.25, 0.3) is 5.91 Å². The first-order valence-electron chi connectivity index (χ1n) is 11.3. The van der Waals surface area contributed by atoms with Crippen molar-refractivity contribution in [3.8, 4) is 5.75 Å². The second-order valence-corrected chi connectivity index (χ2v) is 9.06. The van der Waals surface area contributed by atoms with E-state index in [-0.39, 0.29) is 23.9 Å². The van der Waals surface area contributed by atoms with E-state index in [4.69, 9.17) is 4.74 Å². The number of hydrogen-bond donors (Lipinski definition) is 0. The summed E-state index contributed by atoms with van der Waals surface area (Å²) in [6.45, 7) is 1.38. The van der Waals surface area contributed by atoms with Crippen molar-refractivity contribution in [2.24, 2.45) is 11.8 Å². The number of likely N-dealkylation sites (tertiary alicyclic amines) is 1. The Hall–Kier alpha value is -2.89. The molecule has 0 saturated carbocycles. The molecule has 0 aliphatic carbocycles. The highest BCUT2D eigenvalue weighted by Crippen LogP contribution is 2.43. The number of pyridine rings is 1. The number of benzene rings is 1. The number of aromatic nitrogens is 1. The van der Waals surface area contributed by atoms with E-state index in [1.54, 1.807) is 25.6 Å². The van der Waals surface area contributed by atoms with Gasteiger partial charge in [0.2, 0.25) is 5.91 Å². The molecule has 4 heterocycles. The number of carbonyl (C=O) groups is 2. The van der Waals surface area contributed by atoms with Gasteiger partial charge in [0.05, 0.1) is 18.9 Å². The third-order valence-electron chi connectivity index (χ3n) is 7.31. The Labute approximate surface area is 183 Å². The molecule has 2 bridgehead atoms. The Morgan fingerprint density at radius 1 is 1.16 bits per heavy atom. The zero-order chi connectivity index (χ0) is 21.4. The first kappa shape index (κ1) is 20.0. The lowest BCUT2D eigenvalue weighted by Crippen LogP contribution is -2.66. The standard InChI is InChI=1S/C25H29N3O3/c1-31-23-14-26-11-10-20(23)25(30)27-15-18-13-19(16-27)22(12-17-6-3-2-4-7-17)28-21(18)8-5-9-24(28)29/h2-4,6-7,10-11,14,18-19,21-22H,5,8-9,12-13,15-16H2,1H3/t18-,19+,21+,22+/m1/s1. The first-order chi connectivity index (χ1) is 15.2. The maximum Gasteiger partial charge on any atom is 0.257 e. The third kappa shape index (κ3) is 3.68. The van der Waals surface area contributed by atoms with Crippen LogP contribution in [0.15, 0.2) is 48.8 Å². The van der Waals surface area contributed by atoms with Crippen molar-refractivity contribution in [3.05, 3.63) is 59.9 Å². The quantitative estimate of drug-likeness (QED) is 0.764. The van der Waals surface area contributed by atoms with Crippen molar-refractivity contribution in [2.45, 2.75) is 44.2 Å². The monoisotopic (exact) mass is 419 g/mol. The Balaban J connectivity index is 1.45. The topological polar surface area (TPSA) is 62.7 Å². The zero-order valence-electron chi connectivity index (χ0n) is 17.9. The van der Waals surface area contributed by atoms with E-state index in [9.17, 15) is 9.59 Å². The van der Waals surface area contributed by atoms with E-state index in [0.717, 1.165) is 25.7 Å². The highest BCUT2D eigenvalue weighted by molar-refractivity contribution is 5.96. The van der Waals surface area contributed by atoms with Gasteiger partial charge in [0.1, 0.15) is 5.75 Å². The van der Waals surface area contributed by atoms with Gasteiger partial charge < -0.3 is 14.5 Å². The van der Waals surface area contributed by atoms with Crippen molar-refractivity contribution in [1.29, 1.82) is 0 Å². The van der Waals surface area contributed by atoms with Crippen LogP contribution in [0.1, 0.15) is 41.6 Å². The number of methoxy groups -OCH3 is 1. The number of amides is 2. The van der Waals surface area contributed by atoms with E-state index in [2.05, 4.69) is 34.1 Å². The average Bonchev–Trinajstić information content (AvgIpc) is 2.82. The van der Waals surface area contributed by atoms with Gasteiger partial charge in [-0.3, -0.25) is 14.6 Å². The summed E-state index contributed by atoms with van der Waals surface area (Å²) in [6.07, 6.45) is 7.81. The molecule has 2 amide bonds. The van der Waals surface area contributed by atoms with Crippen molar-refractivity contribution >= 4 is 11.8 Å². The number of nitrogens with zero attached hydrogens (tertiary/aromatic N) is 3. The molecule has 0 N–H and O–H groups in total. The molecule has 0 spiro atoms. The first-order valence-corrected chi connectivity index (χ1v) is 11.3. The summed E-state index contributed by atoms with van der Waals surface area (Å²) < 4.78 is 5.39. The number of rotatable bonds is 4. The molecule has 3 aliphatic heterocycles. The van der Waals surface area contributed by atoms with Crippen LogP contribution in [-0.4, -0.2) is 58.9 Å². The molecule has 0 unspecified atom stereocenters. The van der Waals surface area contributed by atoms with Gasteiger partial charge in [-0.25, -0.2) is 0 Å². The molecule has 1 aromatic heterocycles. The Morgan fingerprint density at radius 2 is 1.97 bits per heavy atom. The molecule has 3 aliphatic rings. The molecule has 5 rings (SSSR count). The maximum absolute atomic E-state index is 13.4. The fourth-order valence-electron chi connectivity index (χ4n) is 5.95. The molecule has 3 saturated heterocycles. The van der Waals surface area contributed by atoms with Gasteiger partial charge in [-0.1, -0.05) is 30.3 Å². The van der Waals surface area contributed by atoms with Crippen molar-refractivity contribution in [3.63, 3.8) is 0 Å². The van der Waals surface area contributed by atoms with Crippen LogP contribution in [0, 0.1) is 11.8 Å². The van der Waals surface area contributed by atoms with Gasteiger partial charge in [0.15, 0.2) is 0 Å². The molecule has 6 nitrogen and oxygen atoms in total. The van der Waals surface area contributed by atoms with Crippen molar-refractivity contribution in [2.75, 3.05) is 20.2 Å². The van der Waals surface area contributed by atoms with Crippen LogP contribution in [0.3, 0.4) is 0 Å². The number of piperidine rings is 3. The van der Waals surface area contributed by atoms with Crippen LogP contribution in [0.5, 0.6) is 5.75 Å². The summed E-state index contributed by atoms with van der Waals surface area (Å²) in [4.78, 5) is 34.7. The molecule has 0 radical (unpaired) electrons. The highest BCUT2D eigenvalue weighted by Gasteiger charge is 2.50. The molecule has 6 heteroatoms. The van der Waals surface area contributed by atoms with Gasteiger partial charge in [-0.15, -0.1) is 0 Å². The van der Waals surface area contributed by atoms with Gasteiger partial charge in [0, 0.05) is 37.8 Å². The Kier molecular flexibility index (Phi) is 5.38. The minimum absolute atomic E-state index is 0.00278. The minimum atomic E-state index is 0.00278. The average molecular weight is 420 g/mol. The lowest BCUT2D eigenvalue weighted by Gasteiger charge is -2.56. The van der Waals surface area contributed by atoms with Crippen LogP contribution in [0.2, 0.25) is 0 Å². The number of hydrogen-bond acceptors (Lipinski definition) is 4. The highest BCUT2D eigenvalue weighted by atomic mass is 16.5. The molecule has 31 heavy (non-hydrogen) atoms. The van der Waals surface area contributed by atoms with Crippen LogP contribution in [0.25, 0.3) is 0 Å². The fraction of sp³-hybridized carbons (Fsp3) is 0.480. The molecule has 3 fully saturated rings. The van der Waals surface area contributed by atoms with E-state index < -0.39 is 0 Å². The largest absolute Gasteiger partial charge is 0.494 e. The summed E-state index contributed by atoms with van der Waals surface area (Å²) in [5.41, 5.74) is 1.82. The molecule has 1 aromatic carbocycles. The van der Waals surface area contributed by atoms with Crippen LogP contribution < -0.4 is 4.74 Å². The lowest BCUT2D eigenvalue weighted by molar-refractivity contribution is -0.151. The normalized spacial score (nSPS) is 27.6. The number of ether oxygens (including phenoxy) is 1. The van der Waals surface area contributed by atoms with Crippen LogP contribution >= 0.6 is 0 Å². The van der Waals surface area contributed by atoms with Gasteiger partial charge in [-0.05, 0) is 49.1 Å². The molecule has 4 atom stereocenters. The lowest BCUT2D eigenvalue weighted by atomic mass is 9.70. The number of carbonyl (C=O) groups excluding carboxylic acids is 2. The van der Waals surface area contributed by atoms with Crippen LogP contribution in [-0.2, 0) is 11.2 Å². The molecular formula is C25H29N3O3. The Bertz CT molecular complexity index is 963. The van der Waals surface area contributed by atoms with E-state index >= 15 is 0 Å². The van der Waals surface area contributed by atoms with E-state index in [0.29, 0.717) is 42.6 Å². The second-order valence-electron chi connectivity index (χ2n) is 9.06. The maximum atomic E-state index is 13.4. The summed E-state index contributed by atoms with van der Waals surface area (Å²) in [5, 5.41) is 0. The van der Waals surface area contributed by atoms with E-state index in [1.807, 2.05) is 11.0 Å². The predicted octanol–water partition coefficient (Wildman–Crippen LogP) is 3.17. The number of fused-ring (bicyclic) bond motifs is 4. The molecule has 2 aromatic rings. The smallest absolute Gasteiger partial charge is 0.257 e. The summed E-state index contributed by atoms with van der Waals surface area (Å²) in [6, 6.07) is 12.5. The van der Waals surface area contributed by atoms with Crippen molar-refractivity contribution < 1.29 is 14.3 Å². The fourth-order valence-corrected chi connectivity index (χ4v) is 5.95. The predicted molar refractivity (Wildman–Crippen MR) is 117 cm³/mol. The van der Waals surface area contributed by atoms with Crippen LogP contribution in [0.4, 0.5) is 0 Å². The van der Waals surface area contributed by atoms with Gasteiger partial charge >= 0.3 is 0 Å². The molecule has 162 valence electrons. The third-order valence-corrected chi connectivity index (χ3v) is 7.31. The van der Waals surface area contributed by atoms with E-state index in [1.165, 1.54) is 5.56 Å². The summed E-state index contributed by atoms with van der Waals surface area (Å²) in [7, 11) is 1.57. The second kappa shape index (κ2) is 8.33. The Morgan fingerprint density at radius 3 is 2.77 bits per heavy atom. The molecular weight excluding hydrogens is 390 g/mol. The van der Waals surface area contributed by atoms with Gasteiger partial charge in [-0.2, -0.15) is 0 Å². The summed E-state index contributed by atoms with van der Waals surface area (Å²) in [5.74, 6) is 1.44. The SMILES string of the molecule is COc1cnccc1C(=O)N1C[C@H]2C[C@@H](C1)[C@H](Cc1ccccc1)N1C(=O)CCC[C@@H]21. The summed E-state index contributed by atoms with van der Waals surface area (Å²) >= 11 is 0. The zero-order valence-corrected chi connectivity index (χ0v) is 17.9. The minimum Gasteiger partial charge on any atom is -0.494 e.